The minimum absolute atomic E-state index is 0.183. The fraction of sp³-hybridized carbons (Fsp3) is 0.632. The molecule has 4 nitrogen and oxygen atoms in total. The summed E-state index contributed by atoms with van der Waals surface area (Å²) in [7, 11) is 2.00. The van der Waals surface area contributed by atoms with Gasteiger partial charge in [-0.3, -0.25) is 9.69 Å². The van der Waals surface area contributed by atoms with Crippen molar-refractivity contribution in [2.24, 2.45) is 5.92 Å². The van der Waals surface area contributed by atoms with Crippen molar-refractivity contribution in [3.05, 3.63) is 35.9 Å². The molecule has 1 aromatic rings. The van der Waals surface area contributed by atoms with E-state index in [9.17, 15) is 4.79 Å². The Bertz CT molecular complexity index is 505. The summed E-state index contributed by atoms with van der Waals surface area (Å²) in [6.07, 6.45) is 4.49. The van der Waals surface area contributed by atoms with Crippen LogP contribution in [-0.4, -0.2) is 55.0 Å². The van der Waals surface area contributed by atoms with E-state index < -0.39 is 0 Å². The van der Waals surface area contributed by atoms with E-state index >= 15 is 0 Å². The molecule has 1 N–H and O–H groups in total. The molecule has 23 heavy (non-hydrogen) atoms. The quantitative estimate of drug-likeness (QED) is 0.924. The molecular formula is C19H29N3O. The number of carbonyl (C=O) groups excluding carboxylic acids is 1. The highest BCUT2D eigenvalue weighted by molar-refractivity contribution is 5.79. The van der Waals surface area contributed by atoms with Crippen LogP contribution in [0, 0.1) is 5.92 Å². The van der Waals surface area contributed by atoms with Crippen molar-refractivity contribution in [3.8, 4) is 0 Å². The Morgan fingerprint density at radius 2 is 1.91 bits per heavy atom. The second-order valence-corrected chi connectivity index (χ2v) is 6.97. The maximum absolute atomic E-state index is 12.9. The van der Waals surface area contributed by atoms with Gasteiger partial charge in [0, 0.05) is 32.2 Å². The Hall–Kier alpha value is -1.39. The SMILES string of the molecule is CNC1CCCN(C(=O)C2CCCN(Cc3ccccc3)C2)C1. The lowest BCUT2D eigenvalue weighted by Gasteiger charge is -2.38. The van der Waals surface area contributed by atoms with Crippen LogP contribution in [0.15, 0.2) is 30.3 Å². The number of piperidine rings is 2. The van der Waals surface area contributed by atoms with Crippen LogP contribution >= 0.6 is 0 Å². The maximum Gasteiger partial charge on any atom is 0.227 e. The van der Waals surface area contributed by atoms with Gasteiger partial charge in [-0.25, -0.2) is 0 Å². The first-order valence-corrected chi connectivity index (χ1v) is 8.98. The summed E-state index contributed by atoms with van der Waals surface area (Å²) in [5.41, 5.74) is 1.34. The highest BCUT2D eigenvalue weighted by Crippen LogP contribution is 2.22. The van der Waals surface area contributed by atoms with Crippen molar-refractivity contribution in [3.63, 3.8) is 0 Å². The largest absolute Gasteiger partial charge is 0.341 e. The van der Waals surface area contributed by atoms with Gasteiger partial charge in [-0.2, -0.15) is 0 Å². The van der Waals surface area contributed by atoms with E-state index in [0.717, 1.165) is 52.0 Å². The number of likely N-dealkylation sites (N-methyl/N-ethyl adjacent to an activating group) is 1. The molecule has 2 atom stereocenters. The molecule has 126 valence electrons. The van der Waals surface area contributed by atoms with Gasteiger partial charge in [0.2, 0.25) is 5.91 Å². The van der Waals surface area contributed by atoms with Crippen molar-refractivity contribution < 1.29 is 4.79 Å². The number of nitrogens with one attached hydrogen (secondary N) is 1. The normalized spacial score (nSPS) is 26.2. The van der Waals surface area contributed by atoms with Crippen molar-refractivity contribution in [1.82, 2.24) is 15.1 Å². The van der Waals surface area contributed by atoms with Gasteiger partial charge in [0.1, 0.15) is 0 Å². The lowest BCUT2D eigenvalue weighted by molar-refractivity contribution is -0.138. The fourth-order valence-corrected chi connectivity index (χ4v) is 3.91. The minimum atomic E-state index is 0.183. The average molecular weight is 315 g/mol. The monoisotopic (exact) mass is 315 g/mol. The van der Waals surface area contributed by atoms with E-state index in [1.807, 2.05) is 7.05 Å². The van der Waals surface area contributed by atoms with Crippen molar-refractivity contribution >= 4 is 5.91 Å². The first-order valence-electron chi connectivity index (χ1n) is 8.98. The second kappa shape index (κ2) is 7.93. The fourth-order valence-electron chi connectivity index (χ4n) is 3.91. The zero-order valence-corrected chi connectivity index (χ0v) is 14.2. The molecule has 0 saturated carbocycles. The first-order chi connectivity index (χ1) is 11.3. The van der Waals surface area contributed by atoms with Crippen LogP contribution in [0.5, 0.6) is 0 Å². The second-order valence-electron chi connectivity index (χ2n) is 6.97. The zero-order chi connectivity index (χ0) is 16.1. The Balaban J connectivity index is 1.56. The van der Waals surface area contributed by atoms with Crippen LogP contribution in [0.4, 0.5) is 0 Å². The Kier molecular flexibility index (Phi) is 5.68. The molecule has 0 aromatic heterocycles. The van der Waals surface area contributed by atoms with E-state index in [1.54, 1.807) is 0 Å². The molecule has 2 unspecified atom stereocenters. The molecule has 1 amide bonds. The third kappa shape index (κ3) is 4.33. The summed E-state index contributed by atoms with van der Waals surface area (Å²) >= 11 is 0. The molecule has 2 heterocycles. The smallest absolute Gasteiger partial charge is 0.227 e. The maximum atomic E-state index is 12.9. The van der Waals surface area contributed by atoms with Gasteiger partial charge in [0.25, 0.3) is 0 Å². The zero-order valence-electron chi connectivity index (χ0n) is 14.2. The van der Waals surface area contributed by atoms with Crippen LogP contribution in [0.2, 0.25) is 0 Å². The number of amides is 1. The summed E-state index contributed by atoms with van der Waals surface area (Å²) in [5.74, 6) is 0.561. The highest BCUT2D eigenvalue weighted by atomic mass is 16.2. The molecule has 0 aliphatic carbocycles. The number of nitrogens with zero attached hydrogens (tertiary/aromatic N) is 2. The van der Waals surface area contributed by atoms with E-state index in [1.165, 1.54) is 12.0 Å². The van der Waals surface area contributed by atoms with Crippen molar-refractivity contribution in [1.29, 1.82) is 0 Å². The molecule has 4 heteroatoms. The van der Waals surface area contributed by atoms with Crippen LogP contribution in [0.25, 0.3) is 0 Å². The predicted octanol–water partition coefficient (Wildman–Crippen LogP) is 2.11. The molecule has 3 rings (SSSR count). The highest BCUT2D eigenvalue weighted by Gasteiger charge is 2.31. The number of carbonyl (C=O) groups is 1. The van der Waals surface area contributed by atoms with E-state index in [-0.39, 0.29) is 5.92 Å². The van der Waals surface area contributed by atoms with Gasteiger partial charge in [-0.05, 0) is 44.8 Å². The molecule has 2 aliphatic heterocycles. The van der Waals surface area contributed by atoms with E-state index in [2.05, 4.69) is 45.4 Å². The topological polar surface area (TPSA) is 35.6 Å². The summed E-state index contributed by atoms with van der Waals surface area (Å²) in [5, 5.41) is 3.33. The summed E-state index contributed by atoms with van der Waals surface area (Å²) < 4.78 is 0. The first kappa shape index (κ1) is 16.5. The third-order valence-electron chi connectivity index (χ3n) is 5.25. The van der Waals surface area contributed by atoms with E-state index in [0.29, 0.717) is 11.9 Å². The molecule has 2 fully saturated rings. The minimum Gasteiger partial charge on any atom is -0.341 e. The van der Waals surface area contributed by atoms with Gasteiger partial charge < -0.3 is 10.2 Å². The number of likely N-dealkylation sites (tertiary alicyclic amines) is 2. The Labute approximate surface area is 139 Å². The lowest BCUT2D eigenvalue weighted by Crippen LogP contribution is -2.51. The number of benzene rings is 1. The van der Waals surface area contributed by atoms with Gasteiger partial charge in [0.15, 0.2) is 0 Å². The summed E-state index contributed by atoms with van der Waals surface area (Å²) in [4.78, 5) is 17.4. The Morgan fingerprint density at radius 3 is 2.70 bits per heavy atom. The number of hydrogen-bond acceptors (Lipinski definition) is 3. The summed E-state index contributed by atoms with van der Waals surface area (Å²) in [6, 6.07) is 11.1. The van der Waals surface area contributed by atoms with E-state index in [4.69, 9.17) is 0 Å². The average Bonchev–Trinajstić information content (AvgIpc) is 2.62. The molecule has 2 aliphatic rings. The van der Waals surface area contributed by atoms with Crippen molar-refractivity contribution in [2.75, 3.05) is 33.2 Å². The molecule has 0 spiro atoms. The number of hydrogen-bond donors (Lipinski definition) is 1. The Morgan fingerprint density at radius 1 is 1.13 bits per heavy atom. The van der Waals surface area contributed by atoms with Gasteiger partial charge in [-0.1, -0.05) is 30.3 Å². The molecule has 0 radical (unpaired) electrons. The number of rotatable bonds is 4. The van der Waals surface area contributed by atoms with Gasteiger partial charge >= 0.3 is 0 Å². The van der Waals surface area contributed by atoms with Crippen LogP contribution in [0.1, 0.15) is 31.2 Å². The van der Waals surface area contributed by atoms with Crippen LogP contribution < -0.4 is 5.32 Å². The third-order valence-corrected chi connectivity index (χ3v) is 5.25. The lowest BCUT2D eigenvalue weighted by atomic mass is 9.94. The molecule has 0 bridgehead atoms. The van der Waals surface area contributed by atoms with Crippen LogP contribution in [0.3, 0.4) is 0 Å². The summed E-state index contributed by atoms with van der Waals surface area (Å²) in [6.45, 7) is 4.80. The van der Waals surface area contributed by atoms with Gasteiger partial charge in [0.05, 0.1) is 5.92 Å². The van der Waals surface area contributed by atoms with Crippen molar-refractivity contribution in [2.45, 2.75) is 38.3 Å². The van der Waals surface area contributed by atoms with Gasteiger partial charge in [-0.15, -0.1) is 0 Å². The molecule has 1 aromatic carbocycles. The molecular weight excluding hydrogens is 286 g/mol. The standard InChI is InChI=1S/C19H29N3O/c1-20-18-10-6-12-22(15-18)19(23)17-9-5-11-21(14-17)13-16-7-3-2-4-8-16/h2-4,7-8,17-18,20H,5-6,9-15H2,1H3. The predicted molar refractivity (Wildman–Crippen MR) is 93.1 cm³/mol. The molecule has 2 saturated heterocycles. The van der Waals surface area contributed by atoms with Crippen LogP contribution in [-0.2, 0) is 11.3 Å².